The second-order valence-electron chi connectivity index (χ2n) is 3.44. The highest BCUT2D eigenvalue weighted by molar-refractivity contribution is 7.99. The fraction of sp³-hybridized carbons (Fsp3) is 0.455. The van der Waals surface area contributed by atoms with E-state index in [1.807, 2.05) is 11.8 Å². The highest BCUT2D eigenvalue weighted by Crippen LogP contribution is 2.23. The third-order valence-electron chi connectivity index (χ3n) is 2.49. The highest BCUT2D eigenvalue weighted by Gasteiger charge is 2.15. The molecule has 70 valence electrons. The maximum atomic E-state index is 3.56. The third-order valence-corrected chi connectivity index (χ3v) is 3.55. The van der Waals surface area contributed by atoms with Crippen LogP contribution >= 0.6 is 11.8 Å². The van der Waals surface area contributed by atoms with Crippen molar-refractivity contribution in [2.75, 3.05) is 18.1 Å². The van der Waals surface area contributed by atoms with Gasteiger partial charge in [-0.2, -0.15) is 11.8 Å². The van der Waals surface area contributed by atoms with Crippen LogP contribution in [0.25, 0.3) is 0 Å². The molecule has 1 unspecified atom stereocenters. The minimum absolute atomic E-state index is 0.569. The van der Waals surface area contributed by atoms with Gasteiger partial charge in [0.2, 0.25) is 0 Å². The van der Waals surface area contributed by atoms with E-state index in [9.17, 15) is 0 Å². The van der Waals surface area contributed by atoms with Crippen molar-refractivity contribution < 1.29 is 0 Å². The van der Waals surface area contributed by atoms with Crippen molar-refractivity contribution in [3.63, 3.8) is 0 Å². The van der Waals surface area contributed by atoms with Gasteiger partial charge >= 0.3 is 0 Å². The Kier molecular flexibility index (Phi) is 2.91. The first kappa shape index (κ1) is 9.10. The number of rotatable bonds is 1. The van der Waals surface area contributed by atoms with Crippen LogP contribution in [0.2, 0.25) is 0 Å². The fourth-order valence-corrected chi connectivity index (χ4v) is 2.70. The quantitative estimate of drug-likeness (QED) is 0.735. The Morgan fingerprint density at radius 1 is 1.38 bits per heavy atom. The first-order valence-electron chi connectivity index (χ1n) is 4.74. The molecule has 0 bridgehead atoms. The zero-order valence-electron chi connectivity index (χ0n) is 7.92. The monoisotopic (exact) mass is 193 g/mol. The Morgan fingerprint density at radius 3 is 2.92 bits per heavy atom. The number of aryl methyl sites for hydroxylation is 1. The maximum absolute atomic E-state index is 3.56. The van der Waals surface area contributed by atoms with Crippen molar-refractivity contribution in [1.82, 2.24) is 5.32 Å². The molecule has 1 atom stereocenters. The van der Waals surface area contributed by atoms with Gasteiger partial charge in [0.15, 0.2) is 0 Å². The first-order chi connectivity index (χ1) is 6.38. The SMILES string of the molecule is Cc1ccccc1C1CSCCN1. The number of thioether (sulfide) groups is 1. The summed E-state index contributed by atoms with van der Waals surface area (Å²) in [4.78, 5) is 0. The minimum atomic E-state index is 0.569. The van der Waals surface area contributed by atoms with Crippen molar-refractivity contribution in [3.8, 4) is 0 Å². The fourth-order valence-electron chi connectivity index (χ4n) is 1.74. The minimum Gasteiger partial charge on any atom is -0.308 e. The molecule has 13 heavy (non-hydrogen) atoms. The van der Waals surface area contributed by atoms with E-state index < -0.39 is 0 Å². The average Bonchev–Trinajstić information content (AvgIpc) is 2.20. The van der Waals surface area contributed by atoms with Crippen molar-refractivity contribution in [1.29, 1.82) is 0 Å². The van der Waals surface area contributed by atoms with Crippen LogP contribution in [0.4, 0.5) is 0 Å². The first-order valence-corrected chi connectivity index (χ1v) is 5.90. The van der Waals surface area contributed by atoms with Crippen molar-refractivity contribution in [2.24, 2.45) is 0 Å². The summed E-state index contributed by atoms with van der Waals surface area (Å²) < 4.78 is 0. The van der Waals surface area contributed by atoms with Gasteiger partial charge in [0.05, 0.1) is 0 Å². The molecular weight excluding hydrogens is 178 g/mol. The maximum Gasteiger partial charge on any atom is 0.0414 e. The zero-order chi connectivity index (χ0) is 9.10. The predicted molar refractivity (Wildman–Crippen MR) is 59.2 cm³/mol. The lowest BCUT2D eigenvalue weighted by Gasteiger charge is -2.24. The van der Waals surface area contributed by atoms with Crippen LogP contribution in [0.1, 0.15) is 17.2 Å². The molecule has 2 heteroatoms. The molecule has 1 aromatic rings. The molecule has 1 aliphatic heterocycles. The summed E-state index contributed by atoms with van der Waals surface area (Å²) in [5, 5.41) is 3.56. The molecular formula is C11H15NS. The Labute approximate surface area is 83.9 Å². The standard InChI is InChI=1S/C11H15NS/c1-9-4-2-3-5-10(9)11-8-13-7-6-12-11/h2-5,11-12H,6-8H2,1H3. The van der Waals surface area contributed by atoms with Crippen LogP contribution < -0.4 is 5.32 Å². The van der Waals surface area contributed by atoms with Gasteiger partial charge in [0.1, 0.15) is 0 Å². The largest absolute Gasteiger partial charge is 0.308 e. The molecule has 1 aliphatic rings. The molecule has 1 N–H and O–H groups in total. The Morgan fingerprint density at radius 2 is 2.23 bits per heavy atom. The third kappa shape index (κ3) is 2.06. The van der Waals surface area contributed by atoms with E-state index in [2.05, 4.69) is 36.5 Å². The van der Waals surface area contributed by atoms with Crippen LogP contribution in [-0.2, 0) is 0 Å². The molecule has 2 rings (SSSR count). The van der Waals surface area contributed by atoms with E-state index in [-0.39, 0.29) is 0 Å². The number of benzene rings is 1. The molecule has 0 saturated carbocycles. The van der Waals surface area contributed by atoms with Gasteiger partial charge in [-0.25, -0.2) is 0 Å². The summed E-state index contributed by atoms with van der Waals surface area (Å²) in [6.07, 6.45) is 0. The van der Waals surface area contributed by atoms with Crippen molar-refractivity contribution in [2.45, 2.75) is 13.0 Å². The van der Waals surface area contributed by atoms with E-state index in [0.717, 1.165) is 6.54 Å². The van der Waals surface area contributed by atoms with E-state index in [1.165, 1.54) is 22.6 Å². The molecule has 0 amide bonds. The smallest absolute Gasteiger partial charge is 0.0414 e. The Bertz CT molecular complexity index is 279. The topological polar surface area (TPSA) is 12.0 Å². The molecule has 1 fully saturated rings. The molecule has 1 aromatic carbocycles. The Balaban J connectivity index is 2.18. The molecule has 0 radical (unpaired) electrons. The molecule has 0 aromatic heterocycles. The molecule has 0 aliphatic carbocycles. The van der Waals surface area contributed by atoms with Gasteiger partial charge in [0, 0.05) is 24.1 Å². The second-order valence-corrected chi connectivity index (χ2v) is 4.59. The molecule has 1 saturated heterocycles. The van der Waals surface area contributed by atoms with Crippen LogP contribution in [0.3, 0.4) is 0 Å². The van der Waals surface area contributed by atoms with Crippen LogP contribution in [-0.4, -0.2) is 18.1 Å². The lowest BCUT2D eigenvalue weighted by atomic mass is 10.0. The van der Waals surface area contributed by atoms with Gasteiger partial charge in [-0.15, -0.1) is 0 Å². The van der Waals surface area contributed by atoms with Crippen LogP contribution in [0.15, 0.2) is 24.3 Å². The summed E-state index contributed by atoms with van der Waals surface area (Å²) in [6.45, 7) is 3.33. The predicted octanol–water partition coefficient (Wildman–Crippen LogP) is 2.37. The van der Waals surface area contributed by atoms with E-state index in [0.29, 0.717) is 6.04 Å². The van der Waals surface area contributed by atoms with Gasteiger partial charge in [-0.05, 0) is 18.1 Å². The summed E-state index contributed by atoms with van der Waals surface area (Å²) >= 11 is 2.04. The molecule has 1 nitrogen and oxygen atoms in total. The van der Waals surface area contributed by atoms with Crippen LogP contribution in [0, 0.1) is 6.92 Å². The molecule has 0 spiro atoms. The Hall–Kier alpha value is -0.470. The van der Waals surface area contributed by atoms with E-state index >= 15 is 0 Å². The molecule has 1 heterocycles. The van der Waals surface area contributed by atoms with Gasteiger partial charge in [0.25, 0.3) is 0 Å². The van der Waals surface area contributed by atoms with E-state index in [4.69, 9.17) is 0 Å². The lowest BCUT2D eigenvalue weighted by molar-refractivity contribution is 0.592. The number of nitrogens with one attached hydrogen (secondary N) is 1. The van der Waals surface area contributed by atoms with Gasteiger partial charge in [-0.3, -0.25) is 0 Å². The van der Waals surface area contributed by atoms with Gasteiger partial charge < -0.3 is 5.32 Å². The average molecular weight is 193 g/mol. The van der Waals surface area contributed by atoms with Crippen molar-refractivity contribution in [3.05, 3.63) is 35.4 Å². The van der Waals surface area contributed by atoms with Gasteiger partial charge in [-0.1, -0.05) is 24.3 Å². The highest BCUT2D eigenvalue weighted by atomic mass is 32.2. The summed E-state index contributed by atoms with van der Waals surface area (Å²) in [5.41, 5.74) is 2.87. The number of hydrogen-bond donors (Lipinski definition) is 1. The lowest BCUT2D eigenvalue weighted by Crippen LogP contribution is -2.30. The van der Waals surface area contributed by atoms with Crippen molar-refractivity contribution >= 4 is 11.8 Å². The normalized spacial score (nSPS) is 23.0. The summed E-state index contributed by atoms with van der Waals surface area (Å²) in [6, 6.07) is 9.23. The van der Waals surface area contributed by atoms with Crippen LogP contribution in [0.5, 0.6) is 0 Å². The number of hydrogen-bond acceptors (Lipinski definition) is 2. The second kappa shape index (κ2) is 4.16. The summed E-state index contributed by atoms with van der Waals surface area (Å²) in [5.74, 6) is 2.47. The van der Waals surface area contributed by atoms with E-state index in [1.54, 1.807) is 0 Å². The zero-order valence-corrected chi connectivity index (χ0v) is 8.73. The summed E-state index contributed by atoms with van der Waals surface area (Å²) in [7, 11) is 0.